The van der Waals surface area contributed by atoms with Crippen LogP contribution in [0.2, 0.25) is 10.0 Å². The van der Waals surface area contributed by atoms with Crippen molar-refractivity contribution in [1.29, 1.82) is 0 Å². The summed E-state index contributed by atoms with van der Waals surface area (Å²) >= 11 is 12.2. The molecule has 0 saturated heterocycles. The van der Waals surface area contributed by atoms with Gasteiger partial charge in [-0.3, -0.25) is 19.1 Å². The molecule has 0 aliphatic carbocycles. The maximum Gasteiger partial charge on any atom is 0.328 e. The molecule has 0 aliphatic rings. The lowest BCUT2D eigenvalue weighted by Crippen LogP contribution is -2.33. The number of halogens is 2. The van der Waals surface area contributed by atoms with E-state index in [0.717, 1.165) is 5.56 Å². The highest BCUT2D eigenvalue weighted by Crippen LogP contribution is 2.26. The van der Waals surface area contributed by atoms with Crippen molar-refractivity contribution < 1.29 is 4.79 Å². The van der Waals surface area contributed by atoms with E-state index in [1.165, 1.54) is 9.47 Å². The van der Waals surface area contributed by atoms with Gasteiger partial charge in [-0.05, 0) is 23.8 Å². The number of carbonyl (C=O) groups is 1. The number of rotatable bonds is 5. The Morgan fingerprint density at radius 1 is 1.11 bits per heavy atom. The molecule has 1 N–H and O–H groups in total. The van der Waals surface area contributed by atoms with Gasteiger partial charge in [0.05, 0.1) is 20.9 Å². The van der Waals surface area contributed by atoms with E-state index in [4.69, 9.17) is 23.2 Å². The SMILES string of the molecule is CN(Cc1cccc(Cl)c1Cl)C(=O)CCn1c(=O)[nH]c(=O)c2ccccc21. The van der Waals surface area contributed by atoms with Crippen LogP contribution in [0.15, 0.2) is 52.1 Å². The number of para-hydroxylation sites is 1. The Morgan fingerprint density at radius 3 is 2.63 bits per heavy atom. The number of benzene rings is 2. The van der Waals surface area contributed by atoms with Gasteiger partial charge in [0, 0.05) is 26.6 Å². The summed E-state index contributed by atoms with van der Waals surface area (Å²) in [7, 11) is 1.66. The van der Waals surface area contributed by atoms with Gasteiger partial charge in [0.2, 0.25) is 5.91 Å². The zero-order chi connectivity index (χ0) is 19.6. The largest absolute Gasteiger partial charge is 0.341 e. The van der Waals surface area contributed by atoms with Gasteiger partial charge in [-0.2, -0.15) is 0 Å². The number of hydrogen-bond acceptors (Lipinski definition) is 3. The lowest BCUT2D eigenvalue weighted by molar-refractivity contribution is -0.130. The van der Waals surface area contributed by atoms with Crippen molar-refractivity contribution in [3.8, 4) is 0 Å². The Morgan fingerprint density at radius 2 is 1.85 bits per heavy atom. The Kier molecular flexibility index (Phi) is 5.68. The quantitative estimate of drug-likeness (QED) is 0.708. The first kappa shape index (κ1) is 19.2. The van der Waals surface area contributed by atoms with E-state index in [1.807, 2.05) is 0 Å². The summed E-state index contributed by atoms with van der Waals surface area (Å²) in [5.41, 5.74) is 0.268. The van der Waals surface area contributed by atoms with Crippen molar-refractivity contribution in [1.82, 2.24) is 14.5 Å². The minimum Gasteiger partial charge on any atom is -0.341 e. The summed E-state index contributed by atoms with van der Waals surface area (Å²) in [5, 5.41) is 1.26. The average Bonchev–Trinajstić information content (AvgIpc) is 2.65. The fourth-order valence-corrected chi connectivity index (χ4v) is 3.26. The van der Waals surface area contributed by atoms with Crippen LogP contribution in [0.25, 0.3) is 10.9 Å². The van der Waals surface area contributed by atoms with E-state index in [2.05, 4.69) is 4.98 Å². The second-order valence-corrected chi connectivity index (χ2v) is 6.93. The first-order valence-corrected chi connectivity index (χ1v) is 9.03. The summed E-state index contributed by atoms with van der Waals surface area (Å²) < 4.78 is 1.40. The number of aromatic amines is 1. The molecule has 0 radical (unpaired) electrons. The molecule has 0 aliphatic heterocycles. The molecule has 3 rings (SSSR count). The molecule has 0 atom stereocenters. The zero-order valence-electron chi connectivity index (χ0n) is 14.5. The van der Waals surface area contributed by atoms with Gasteiger partial charge in [-0.15, -0.1) is 0 Å². The number of carbonyl (C=O) groups excluding carboxylic acids is 1. The van der Waals surface area contributed by atoms with Crippen molar-refractivity contribution in [2.75, 3.05) is 7.05 Å². The molecular weight excluding hydrogens is 389 g/mol. The molecule has 6 nitrogen and oxygen atoms in total. The monoisotopic (exact) mass is 405 g/mol. The third-order valence-electron chi connectivity index (χ3n) is 4.32. The van der Waals surface area contributed by atoms with E-state index >= 15 is 0 Å². The molecule has 1 amide bonds. The molecule has 27 heavy (non-hydrogen) atoms. The second kappa shape index (κ2) is 7.98. The van der Waals surface area contributed by atoms with Crippen LogP contribution < -0.4 is 11.2 Å². The number of nitrogens with one attached hydrogen (secondary N) is 1. The van der Waals surface area contributed by atoms with E-state index in [1.54, 1.807) is 49.5 Å². The van der Waals surface area contributed by atoms with Crippen LogP contribution in [0.1, 0.15) is 12.0 Å². The smallest absolute Gasteiger partial charge is 0.328 e. The van der Waals surface area contributed by atoms with Crippen LogP contribution in [0.4, 0.5) is 0 Å². The maximum atomic E-state index is 12.5. The highest BCUT2D eigenvalue weighted by atomic mass is 35.5. The topological polar surface area (TPSA) is 75.2 Å². The molecule has 0 spiro atoms. The van der Waals surface area contributed by atoms with Gasteiger partial charge in [-0.25, -0.2) is 4.79 Å². The molecule has 0 saturated carbocycles. The molecule has 1 heterocycles. The third kappa shape index (κ3) is 4.07. The van der Waals surface area contributed by atoms with Crippen LogP contribution in [0.3, 0.4) is 0 Å². The normalized spacial score (nSPS) is 10.9. The number of nitrogens with zero attached hydrogens (tertiary/aromatic N) is 2. The van der Waals surface area contributed by atoms with Crippen molar-refractivity contribution in [2.24, 2.45) is 0 Å². The van der Waals surface area contributed by atoms with E-state index in [-0.39, 0.29) is 18.9 Å². The summed E-state index contributed by atoms with van der Waals surface area (Å²) in [4.78, 5) is 40.4. The lowest BCUT2D eigenvalue weighted by atomic mass is 10.2. The van der Waals surface area contributed by atoms with E-state index in [0.29, 0.717) is 27.5 Å². The Hall–Kier alpha value is -2.57. The summed E-state index contributed by atoms with van der Waals surface area (Å²) in [5.74, 6) is -0.159. The lowest BCUT2D eigenvalue weighted by Gasteiger charge is -2.19. The van der Waals surface area contributed by atoms with Gasteiger partial charge < -0.3 is 4.90 Å². The molecule has 0 fully saturated rings. The van der Waals surface area contributed by atoms with Crippen molar-refractivity contribution in [3.05, 3.63) is 78.9 Å². The highest BCUT2D eigenvalue weighted by molar-refractivity contribution is 6.42. The average molecular weight is 406 g/mol. The fraction of sp³-hybridized carbons (Fsp3) is 0.211. The molecule has 3 aromatic rings. The molecule has 2 aromatic carbocycles. The van der Waals surface area contributed by atoms with E-state index in [9.17, 15) is 14.4 Å². The number of fused-ring (bicyclic) bond motifs is 1. The maximum absolute atomic E-state index is 12.5. The fourth-order valence-electron chi connectivity index (χ4n) is 2.88. The van der Waals surface area contributed by atoms with Gasteiger partial charge in [0.25, 0.3) is 5.56 Å². The van der Waals surface area contributed by atoms with Gasteiger partial charge in [0.1, 0.15) is 0 Å². The first-order valence-electron chi connectivity index (χ1n) is 8.27. The Bertz CT molecular complexity index is 1120. The zero-order valence-corrected chi connectivity index (χ0v) is 16.0. The predicted octanol–water partition coefficient (Wildman–Crippen LogP) is 3.05. The Balaban J connectivity index is 1.76. The number of H-pyrrole nitrogens is 1. The molecular formula is C19H17Cl2N3O3. The number of amides is 1. The van der Waals surface area contributed by atoms with Crippen LogP contribution in [-0.2, 0) is 17.9 Å². The van der Waals surface area contributed by atoms with Crippen LogP contribution in [0.5, 0.6) is 0 Å². The number of aromatic nitrogens is 2. The van der Waals surface area contributed by atoms with Gasteiger partial charge in [0.15, 0.2) is 0 Å². The second-order valence-electron chi connectivity index (χ2n) is 6.14. The number of hydrogen-bond donors (Lipinski definition) is 1. The highest BCUT2D eigenvalue weighted by Gasteiger charge is 2.14. The minimum absolute atomic E-state index is 0.102. The summed E-state index contributed by atoms with van der Waals surface area (Å²) in [6, 6.07) is 12.0. The van der Waals surface area contributed by atoms with Gasteiger partial charge in [-0.1, -0.05) is 47.5 Å². The molecule has 8 heteroatoms. The van der Waals surface area contributed by atoms with Crippen LogP contribution in [0, 0.1) is 0 Å². The van der Waals surface area contributed by atoms with Crippen molar-refractivity contribution in [3.63, 3.8) is 0 Å². The summed E-state index contributed by atoms with van der Waals surface area (Å²) in [6.07, 6.45) is 0.102. The van der Waals surface area contributed by atoms with Crippen molar-refractivity contribution in [2.45, 2.75) is 19.5 Å². The number of aryl methyl sites for hydroxylation is 1. The molecule has 140 valence electrons. The standard InChI is InChI=1S/C19H17Cl2N3O3/c1-23(11-12-5-4-7-14(20)17(12)21)16(25)9-10-24-15-8-3-2-6-13(15)18(26)22-19(24)27/h2-8H,9-11H2,1H3,(H,22,26,27). The predicted molar refractivity (Wildman–Crippen MR) is 106 cm³/mol. The Labute approximate surface area is 164 Å². The van der Waals surface area contributed by atoms with Crippen LogP contribution >= 0.6 is 23.2 Å². The minimum atomic E-state index is -0.535. The van der Waals surface area contributed by atoms with Crippen LogP contribution in [-0.4, -0.2) is 27.4 Å². The van der Waals surface area contributed by atoms with E-state index < -0.39 is 11.2 Å². The first-order chi connectivity index (χ1) is 12.9. The molecule has 1 aromatic heterocycles. The third-order valence-corrected chi connectivity index (χ3v) is 5.18. The molecule has 0 bridgehead atoms. The van der Waals surface area contributed by atoms with Crippen molar-refractivity contribution >= 4 is 40.0 Å². The summed E-state index contributed by atoms with van der Waals surface area (Å²) in [6.45, 7) is 0.460. The molecule has 0 unspecified atom stereocenters. The van der Waals surface area contributed by atoms with Gasteiger partial charge >= 0.3 is 5.69 Å².